The van der Waals surface area contributed by atoms with Crippen LogP contribution in [0.4, 0.5) is 15.8 Å². The van der Waals surface area contributed by atoms with E-state index in [1.54, 1.807) is 7.11 Å². The highest BCUT2D eigenvalue weighted by Crippen LogP contribution is 2.28. The van der Waals surface area contributed by atoms with Crippen molar-refractivity contribution in [1.82, 2.24) is 14.8 Å². The van der Waals surface area contributed by atoms with Crippen LogP contribution in [0.5, 0.6) is 5.75 Å². The molecule has 0 saturated carbocycles. The van der Waals surface area contributed by atoms with Gasteiger partial charge in [-0.25, -0.2) is 4.39 Å². The number of carbonyl (C=O) groups is 1. The first-order valence-electron chi connectivity index (χ1n) is 9.63. The third-order valence-corrected chi connectivity index (χ3v) is 5.72. The van der Waals surface area contributed by atoms with E-state index in [1.165, 1.54) is 30.0 Å². The van der Waals surface area contributed by atoms with E-state index in [-0.39, 0.29) is 22.7 Å². The van der Waals surface area contributed by atoms with Gasteiger partial charge < -0.3 is 19.9 Å². The van der Waals surface area contributed by atoms with Gasteiger partial charge >= 0.3 is 0 Å². The molecule has 0 fully saturated rings. The number of methoxy groups -OCH3 is 1. The lowest BCUT2D eigenvalue weighted by Gasteiger charge is -2.18. The first-order chi connectivity index (χ1) is 14.9. The molecule has 10 heteroatoms. The summed E-state index contributed by atoms with van der Waals surface area (Å²) in [6, 6.07) is 11.6. The van der Waals surface area contributed by atoms with Crippen LogP contribution in [0.3, 0.4) is 0 Å². The van der Waals surface area contributed by atoms with E-state index in [0.29, 0.717) is 17.4 Å². The molecule has 0 spiro atoms. The van der Waals surface area contributed by atoms with Gasteiger partial charge in [0.1, 0.15) is 11.6 Å². The summed E-state index contributed by atoms with van der Waals surface area (Å²) < 4.78 is 20.6. The van der Waals surface area contributed by atoms with Crippen LogP contribution in [0.1, 0.15) is 25.7 Å². The van der Waals surface area contributed by atoms with Crippen LogP contribution in [0.15, 0.2) is 47.6 Å². The van der Waals surface area contributed by atoms with Crippen LogP contribution in [0.2, 0.25) is 5.02 Å². The first kappa shape index (κ1) is 22.9. The Labute approximate surface area is 189 Å². The van der Waals surface area contributed by atoms with Crippen molar-refractivity contribution in [3.8, 4) is 5.75 Å². The Morgan fingerprint density at radius 2 is 2.06 bits per heavy atom. The molecule has 1 aromatic heterocycles. The first-order valence-corrected chi connectivity index (χ1v) is 11.0. The molecule has 2 N–H and O–H groups in total. The number of nitrogens with one attached hydrogen (secondary N) is 2. The van der Waals surface area contributed by atoms with Crippen molar-refractivity contribution in [1.29, 1.82) is 0 Å². The zero-order chi connectivity index (χ0) is 22.4. The lowest BCUT2D eigenvalue weighted by Crippen LogP contribution is -2.16. The normalized spacial score (nSPS) is 11.8. The molecule has 7 nitrogen and oxygen atoms in total. The fourth-order valence-electron chi connectivity index (χ4n) is 2.99. The number of rotatable bonds is 9. The van der Waals surface area contributed by atoms with Crippen molar-refractivity contribution in [3.63, 3.8) is 0 Å². The molecule has 0 radical (unpaired) electrons. The zero-order valence-electron chi connectivity index (χ0n) is 17.4. The number of carbonyl (C=O) groups excluding carboxylic acids is 1. The van der Waals surface area contributed by atoms with Crippen LogP contribution < -0.4 is 15.4 Å². The number of benzene rings is 2. The Kier molecular flexibility index (Phi) is 7.75. The maximum Gasteiger partial charge on any atom is 0.234 e. The van der Waals surface area contributed by atoms with Gasteiger partial charge in [0.2, 0.25) is 5.91 Å². The third kappa shape index (κ3) is 5.68. The number of amides is 1. The second kappa shape index (κ2) is 10.5. The summed E-state index contributed by atoms with van der Waals surface area (Å²) in [5.41, 5.74) is 1.29. The Morgan fingerprint density at radius 3 is 2.77 bits per heavy atom. The molecule has 0 aliphatic heterocycles. The zero-order valence-corrected chi connectivity index (χ0v) is 18.9. The van der Waals surface area contributed by atoms with E-state index in [2.05, 4.69) is 20.8 Å². The number of ether oxygens (including phenoxy) is 1. The molecule has 0 saturated heterocycles. The summed E-state index contributed by atoms with van der Waals surface area (Å²) in [7, 11) is 1.62. The predicted octanol–water partition coefficient (Wildman–Crippen LogP) is 5.00. The van der Waals surface area contributed by atoms with E-state index in [1.807, 2.05) is 42.7 Å². The van der Waals surface area contributed by atoms with Gasteiger partial charge in [0, 0.05) is 12.2 Å². The summed E-state index contributed by atoms with van der Waals surface area (Å²) in [6.07, 6.45) is 0. The Morgan fingerprint density at radius 1 is 1.29 bits per heavy atom. The third-order valence-electron chi connectivity index (χ3n) is 4.46. The molecule has 0 bridgehead atoms. The van der Waals surface area contributed by atoms with Crippen molar-refractivity contribution in [2.45, 2.75) is 31.6 Å². The average Bonchev–Trinajstić information content (AvgIpc) is 3.18. The number of hydrogen-bond acceptors (Lipinski definition) is 6. The quantitative estimate of drug-likeness (QED) is 0.434. The smallest absolute Gasteiger partial charge is 0.234 e. The maximum absolute atomic E-state index is 13.3. The molecule has 2 aromatic carbocycles. The summed E-state index contributed by atoms with van der Waals surface area (Å²) in [5, 5.41) is 15.3. The summed E-state index contributed by atoms with van der Waals surface area (Å²) in [4.78, 5) is 12.3. The van der Waals surface area contributed by atoms with Crippen LogP contribution >= 0.6 is 23.4 Å². The predicted molar refractivity (Wildman–Crippen MR) is 121 cm³/mol. The minimum Gasteiger partial charge on any atom is -0.495 e. The lowest BCUT2D eigenvalue weighted by molar-refractivity contribution is -0.113. The van der Waals surface area contributed by atoms with Crippen LogP contribution in [-0.2, 0) is 11.3 Å². The number of nitrogens with zero attached hydrogens (tertiary/aromatic N) is 3. The molecule has 1 unspecified atom stereocenters. The molecular formula is C21H23ClFN5O2S. The molecule has 3 rings (SSSR count). The summed E-state index contributed by atoms with van der Waals surface area (Å²) in [5.74, 6) is 0.834. The number of halogens is 2. The highest BCUT2D eigenvalue weighted by atomic mass is 35.5. The lowest BCUT2D eigenvalue weighted by atomic mass is 10.2. The van der Waals surface area contributed by atoms with Crippen molar-refractivity contribution < 1.29 is 13.9 Å². The highest BCUT2D eigenvalue weighted by Gasteiger charge is 2.19. The van der Waals surface area contributed by atoms with Gasteiger partial charge in [0.25, 0.3) is 0 Å². The molecule has 0 aliphatic rings. The summed E-state index contributed by atoms with van der Waals surface area (Å²) in [6.45, 7) is 4.63. The topological polar surface area (TPSA) is 81.1 Å². The van der Waals surface area contributed by atoms with Crippen LogP contribution in [-0.4, -0.2) is 33.5 Å². The molecule has 0 aliphatic carbocycles. The molecule has 164 valence electrons. The second-order valence-corrected chi connectivity index (χ2v) is 7.97. The molecule has 31 heavy (non-hydrogen) atoms. The van der Waals surface area contributed by atoms with E-state index in [9.17, 15) is 9.18 Å². The number of aromatic nitrogens is 3. The average molecular weight is 464 g/mol. The van der Waals surface area contributed by atoms with E-state index < -0.39 is 5.82 Å². The van der Waals surface area contributed by atoms with E-state index in [4.69, 9.17) is 16.3 Å². The van der Waals surface area contributed by atoms with Gasteiger partial charge in [-0.2, -0.15) is 0 Å². The standard InChI is InChI=1S/C21H23ClFN5O2S/c1-4-28-20(13(2)24-17-7-5-6-8-18(17)30-3)26-27-21(28)31-12-19(29)25-14-9-10-16(23)15(22)11-14/h5-11,13,24H,4,12H2,1-3H3,(H,25,29). The molecule has 1 amide bonds. The number of thioether (sulfide) groups is 1. The Hall–Kier alpha value is -2.78. The van der Waals surface area contributed by atoms with Gasteiger partial charge in [0.05, 0.1) is 29.6 Å². The largest absolute Gasteiger partial charge is 0.495 e. The number of anilines is 2. The van der Waals surface area contributed by atoms with Gasteiger partial charge in [-0.15, -0.1) is 10.2 Å². The van der Waals surface area contributed by atoms with Crippen molar-refractivity contribution in [3.05, 3.63) is 59.1 Å². The van der Waals surface area contributed by atoms with E-state index in [0.717, 1.165) is 17.3 Å². The van der Waals surface area contributed by atoms with Gasteiger partial charge in [-0.05, 0) is 44.2 Å². The van der Waals surface area contributed by atoms with Gasteiger partial charge in [-0.1, -0.05) is 35.5 Å². The van der Waals surface area contributed by atoms with Gasteiger partial charge in [-0.3, -0.25) is 4.79 Å². The second-order valence-electron chi connectivity index (χ2n) is 6.62. The SMILES string of the molecule is CCn1c(SCC(=O)Nc2ccc(F)c(Cl)c2)nnc1C(C)Nc1ccccc1OC. The van der Waals surface area contributed by atoms with Crippen LogP contribution in [0, 0.1) is 5.82 Å². The molecule has 1 heterocycles. The Balaban J connectivity index is 1.65. The molecule has 1 atom stereocenters. The fraction of sp³-hybridized carbons (Fsp3) is 0.286. The monoisotopic (exact) mass is 463 g/mol. The Bertz CT molecular complexity index is 1060. The van der Waals surface area contributed by atoms with Crippen molar-refractivity contribution in [2.75, 3.05) is 23.5 Å². The maximum atomic E-state index is 13.3. The fourth-order valence-corrected chi connectivity index (χ4v) is 3.98. The van der Waals surface area contributed by atoms with Crippen LogP contribution in [0.25, 0.3) is 0 Å². The van der Waals surface area contributed by atoms with Crippen molar-refractivity contribution >= 4 is 40.6 Å². The summed E-state index contributed by atoms with van der Waals surface area (Å²) >= 11 is 7.03. The van der Waals surface area contributed by atoms with Crippen molar-refractivity contribution in [2.24, 2.45) is 0 Å². The molecular weight excluding hydrogens is 441 g/mol. The minimum atomic E-state index is -0.534. The minimum absolute atomic E-state index is 0.0441. The molecule has 3 aromatic rings. The highest BCUT2D eigenvalue weighted by molar-refractivity contribution is 7.99. The number of hydrogen-bond donors (Lipinski definition) is 2. The van der Waals surface area contributed by atoms with Gasteiger partial charge in [0.15, 0.2) is 11.0 Å². The van der Waals surface area contributed by atoms with E-state index >= 15 is 0 Å². The number of para-hydroxylation sites is 2.